The van der Waals surface area contributed by atoms with Crippen LogP contribution >= 0.6 is 0 Å². The first kappa shape index (κ1) is 41.0. The molecule has 0 amide bonds. The average Bonchev–Trinajstić information content (AvgIpc) is 3.89. The molecule has 0 saturated heterocycles. The van der Waals surface area contributed by atoms with E-state index in [4.69, 9.17) is 14.4 Å². The lowest BCUT2D eigenvalue weighted by Crippen LogP contribution is -2.15. The number of rotatable bonds is 5. The van der Waals surface area contributed by atoms with E-state index >= 15 is 0 Å². The maximum absolute atomic E-state index is 7.18. The van der Waals surface area contributed by atoms with Crippen molar-refractivity contribution < 1.29 is 4.42 Å². The monoisotopic (exact) mass is 921 g/mol. The first-order valence-electron chi connectivity index (χ1n) is 25.4. The number of para-hydroxylation sites is 1. The van der Waals surface area contributed by atoms with Gasteiger partial charge in [0.05, 0.1) is 33.7 Å². The summed E-state index contributed by atoms with van der Waals surface area (Å²) in [5.41, 5.74) is 14.0. The van der Waals surface area contributed by atoms with Gasteiger partial charge in [-0.2, -0.15) is 0 Å². The van der Waals surface area contributed by atoms with Crippen LogP contribution in [0.3, 0.4) is 0 Å². The number of furan rings is 1. The van der Waals surface area contributed by atoms with Crippen molar-refractivity contribution in [1.29, 1.82) is 0 Å². The van der Waals surface area contributed by atoms with Gasteiger partial charge in [-0.15, -0.1) is 0 Å². The number of hydrogen-bond acceptors (Lipinski definition) is 3. The standard InChI is InChI=1S/C68H47N3O/c1-3-41-38-59(50-34-40(2)63-48(36-50)27-25-43-15-7-10-20-53(43)63)69-68(70-65(41)49-29-30-52-47(35-49)26-24-42-14-6-9-19-51(42)52)64-60(33-32-57-55-22-12-13-23-62(55)72-67(57)64)71-61-39-46-18-5-4-17-45(46)37-58(61)56-31-28-44-16-8-11-21-54(44)66(56)71/h4-33,35-37,39-40H,3,34,38H2,1-2H3. The van der Waals surface area contributed by atoms with Gasteiger partial charge in [0.2, 0.25) is 0 Å². The lowest BCUT2D eigenvalue weighted by Gasteiger charge is -2.26. The summed E-state index contributed by atoms with van der Waals surface area (Å²) in [6.07, 6.45) is 4.78. The zero-order valence-corrected chi connectivity index (χ0v) is 40.1. The number of aromatic nitrogens is 1. The van der Waals surface area contributed by atoms with Crippen molar-refractivity contribution in [2.45, 2.75) is 39.0 Å². The van der Waals surface area contributed by atoms with E-state index in [-0.39, 0.29) is 5.92 Å². The lowest BCUT2D eigenvalue weighted by atomic mass is 9.79. The van der Waals surface area contributed by atoms with Crippen molar-refractivity contribution in [2.75, 3.05) is 0 Å². The Labute approximate surface area is 416 Å². The van der Waals surface area contributed by atoms with Crippen LogP contribution in [0.5, 0.6) is 0 Å². The van der Waals surface area contributed by atoms with Crippen molar-refractivity contribution in [2.24, 2.45) is 9.98 Å². The number of amidine groups is 1. The molecule has 0 bridgehead atoms. The van der Waals surface area contributed by atoms with Crippen LogP contribution in [0.1, 0.15) is 61.3 Å². The molecule has 4 nitrogen and oxygen atoms in total. The van der Waals surface area contributed by atoms with Gasteiger partial charge >= 0.3 is 0 Å². The molecule has 72 heavy (non-hydrogen) atoms. The largest absolute Gasteiger partial charge is 0.455 e. The Morgan fingerprint density at radius 1 is 0.528 bits per heavy atom. The van der Waals surface area contributed by atoms with E-state index in [1.165, 1.54) is 86.9 Å². The third kappa shape index (κ3) is 6.18. The van der Waals surface area contributed by atoms with Gasteiger partial charge in [-0.25, -0.2) is 9.98 Å². The average molecular weight is 922 g/mol. The molecular weight excluding hydrogens is 875 g/mol. The topological polar surface area (TPSA) is 42.8 Å². The minimum Gasteiger partial charge on any atom is -0.455 e. The zero-order chi connectivity index (χ0) is 47.6. The van der Waals surface area contributed by atoms with Gasteiger partial charge in [0.1, 0.15) is 11.2 Å². The second kappa shape index (κ2) is 15.8. The zero-order valence-electron chi connectivity index (χ0n) is 40.1. The fraction of sp³-hybridized carbons (Fsp3) is 0.0882. The maximum atomic E-state index is 7.18. The maximum Gasteiger partial charge on any atom is 0.165 e. The van der Waals surface area contributed by atoms with Gasteiger partial charge in [0.15, 0.2) is 5.84 Å². The fourth-order valence-corrected chi connectivity index (χ4v) is 12.4. The van der Waals surface area contributed by atoms with E-state index in [0.29, 0.717) is 12.3 Å². The van der Waals surface area contributed by atoms with Gasteiger partial charge < -0.3 is 8.98 Å². The highest BCUT2D eigenvalue weighted by atomic mass is 16.3. The Hall–Kier alpha value is -8.86. The van der Waals surface area contributed by atoms with Crippen molar-refractivity contribution >= 4 is 121 Å². The molecule has 3 heterocycles. The van der Waals surface area contributed by atoms with Crippen LogP contribution in [-0.4, -0.2) is 16.1 Å². The summed E-state index contributed by atoms with van der Waals surface area (Å²) < 4.78 is 9.67. The number of benzene rings is 11. The smallest absolute Gasteiger partial charge is 0.165 e. The normalized spacial score (nSPS) is 15.4. The van der Waals surface area contributed by atoms with Crippen molar-refractivity contribution in [1.82, 2.24) is 4.57 Å². The van der Waals surface area contributed by atoms with Gasteiger partial charge in [-0.05, 0) is 132 Å². The molecule has 15 rings (SSSR count). The van der Waals surface area contributed by atoms with Crippen molar-refractivity contribution in [3.63, 3.8) is 0 Å². The Bertz CT molecular complexity index is 4630. The van der Waals surface area contributed by atoms with Crippen LogP contribution in [0.2, 0.25) is 0 Å². The second-order valence-electron chi connectivity index (χ2n) is 19.9. The highest BCUT2D eigenvalue weighted by Gasteiger charge is 2.30. The predicted molar refractivity (Wildman–Crippen MR) is 305 cm³/mol. The minimum absolute atomic E-state index is 0.288. The van der Waals surface area contributed by atoms with E-state index in [9.17, 15) is 0 Å². The second-order valence-corrected chi connectivity index (χ2v) is 19.9. The molecular formula is C68H47N3O. The summed E-state index contributed by atoms with van der Waals surface area (Å²) >= 11 is 0. The van der Waals surface area contributed by atoms with E-state index in [1.807, 2.05) is 0 Å². The third-order valence-electron chi connectivity index (χ3n) is 15.9. The Balaban J connectivity index is 1.06. The summed E-state index contributed by atoms with van der Waals surface area (Å²) in [6.45, 7) is 4.66. The quantitative estimate of drug-likeness (QED) is 0.159. The molecule has 340 valence electrons. The summed E-state index contributed by atoms with van der Waals surface area (Å²) in [6, 6.07) is 73.2. The number of fused-ring (bicyclic) bond motifs is 15. The van der Waals surface area contributed by atoms with Crippen LogP contribution in [0, 0.1) is 0 Å². The number of hydrogen-bond donors (Lipinski definition) is 0. The van der Waals surface area contributed by atoms with Gasteiger partial charge in [0, 0.05) is 38.9 Å². The Morgan fingerprint density at radius 3 is 1.97 bits per heavy atom. The van der Waals surface area contributed by atoms with Gasteiger partial charge in [-0.3, -0.25) is 0 Å². The van der Waals surface area contributed by atoms with Crippen LogP contribution < -0.4 is 0 Å². The molecule has 2 aliphatic rings. The molecule has 0 fully saturated rings. The molecule has 1 atom stereocenters. The van der Waals surface area contributed by atoms with E-state index in [1.54, 1.807) is 0 Å². The molecule has 1 aliphatic carbocycles. The van der Waals surface area contributed by atoms with Gasteiger partial charge in [0.25, 0.3) is 0 Å². The minimum atomic E-state index is 0.288. The molecule has 0 N–H and O–H groups in total. The summed E-state index contributed by atoms with van der Waals surface area (Å²) in [7, 11) is 0. The molecule has 4 heteroatoms. The van der Waals surface area contributed by atoms with E-state index < -0.39 is 0 Å². The van der Waals surface area contributed by atoms with Crippen molar-refractivity contribution in [3.8, 4) is 5.69 Å². The molecule has 1 aliphatic heterocycles. The molecule has 0 spiro atoms. The van der Waals surface area contributed by atoms with Gasteiger partial charge in [-0.1, -0.05) is 178 Å². The lowest BCUT2D eigenvalue weighted by molar-refractivity contribution is 0.667. The highest BCUT2D eigenvalue weighted by Crippen LogP contribution is 2.45. The Kier molecular flexibility index (Phi) is 9.01. The van der Waals surface area contributed by atoms with E-state index in [2.05, 4.69) is 225 Å². The van der Waals surface area contributed by atoms with Crippen LogP contribution in [0.15, 0.2) is 226 Å². The molecule has 2 aromatic heterocycles. The molecule has 13 aromatic rings. The summed E-state index contributed by atoms with van der Waals surface area (Å²) in [5.74, 6) is 0.937. The highest BCUT2D eigenvalue weighted by molar-refractivity contribution is 6.26. The van der Waals surface area contributed by atoms with Crippen LogP contribution in [-0.2, 0) is 0 Å². The SMILES string of the molecule is CCC1=C(c2ccc3c(ccc4ccccc43)c2)N=C(c2c(-n3c4cc5ccccc5cc4c4ccc5ccccc5c43)ccc3c2oc2ccccc23)N=C(C2=Cc3ccc4ccccc4c3C(C)C2)C1. The molecule has 1 unspecified atom stereocenters. The summed E-state index contributed by atoms with van der Waals surface area (Å²) in [5, 5.41) is 16.8. The van der Waals surface area contributed by atoms with Crippen LogP contribution in [0.4, 0.5) is 0 Å². The number of aliphatic imine (C=N–C) groups is 2. The predicted octanol–water partition coefficient (Wildman–Crippen LogP) is 18.5. The third-order valence-corrected chi connectivity index (χ3v) is 15.9. The molecule has 11 aromatic carbocycles. The first-order chi connectivity index (χ1) is 35.5. The van der Waals surface area contributed by atoms with E-state index in [0.717, 1.165) is 74.0 Å². The van der Waals surface area contributed by atoms with Crippen LogP contribution in [0.25, 0.3) is 115 Å². The first-order valence-corrected chi connectivity index (χ1v) is 25.4. The Morgan fingerprint density at radius 2 is 1.15 bits per heavy atom. The fourth-order valence-electron chi connectivity index (χ4n) is 12.4. The molecule has 0 radical (unpaired) electrons. The van der Waals surface area contributed by atoms with Crippen molar-refractivity contribution in [3.05, 3.63) is 234 Å². The molecule has 0 saturated carbocycles. The summed E-state index contributed by atoms with van der Waals surface area (Å²) in [4.78, 5) is 11.9. The number of nitrogens with zero attached hydrogens (tertiary/aromatic N) is 3. The number of allylic oxidation sites excluding steroid dienone is 2.